The first-order chi connectivity index (χ1) is 11.7. The SMILES string of the molecule is CC(C)(C)OC(=O)COCCOCCOc1cc(Br)cc([N+](=O)[O-])c1. The lowest BCUT2D eigenvalue weighted by molar-refractivity contribution is -0.385. The van der Waals surface area contributed by atoms with Crippen LogP contribution in [0.2, 0.25) is 0 Å². The minimum atomic E-state index is -0.532. The monoisotopic (exact) mass is 419 g/mol. The molecule has 0 aliphatic carbocycles. The Hall–Kier alpha value is -1.71. The third kappa shape index (κ3) is 10.0. The fourth-order valence-electron chi connectivity index (χ4n) is 1.70. The summed E-state index contributed by atoms with van der Waals surface area (Å²) in [7, 11) is 0. The standard InChI is InChI=1S/C16H22BrNO7/c1-16(2,3)25-15(19)11-23-5-4-22-6-7-24-14-9-12(17)8-13(10-14)18(20)21/h8-10H,4-7,11H2,1-3H3. The molecule has 0 atom stereocenters. The second-order valence-corrected chi connectivity index (χ2v) is 6.92. The lowest BCUT2D eigenvalue weighted by Crippen LogP contribution is -2.27. The van der Waals surface area contributed by atoms with E-state index >= 15 is 0 Å². The number of hydrogen-bond donors (Lipinski definition) is 0. The maximum absolute atomic E-state index is 11.4. The fourth-order valence-corrected chi connectivity index (χ4v) is 2.16. The highest BCUT2D eigenvalue weighted by molar-refractivity contribution is 9.10. The van der Waals surface area contributed by atoms with E-state index in [0.717, 1.165) is 0 Å². The van der Waals surface area contributed by atoms with E-state index in [1.54, 1.807) is 26.8 Å². The predicted octanol–water partition coefficient (Wildman–Crippen LogP) is 3.11. The van der Waals surface area contributed by atoms with E-state index in [1.807, 2.05) is 0 Å². The van der Waals surface area contributed by atoms with Crippen molar-refractivity contribution in [1.29, 1.82) is 0 Å². The molecule has 1 rings (SSSR count). The maximum atomic E-state index is 11.4. The smallest absolute Gasteiger partial charge is 0.332 e. The Balaban J connectivity index is 2.13. The average Bonchev–Trinajstić information content (AvgIpc) is 2.47. The first-order valence-corrected chi connectivity index (χ1v) is 8.42. The largest absolute Gasteiger partial charge is 0.491 e. The fraction of sp³-hybridized carbons (Fsp3) is 0.562. The van der Waals surface area contributed by atoms with Crippen LogP contribution in [0.25, 0.3) is 0 Å². The molecule has 1 aromatic carbocycles. The number of halogens is 1. The summed E-state index contributed by atoms with van der Waals surface area (Å²) in [6.45, 7) is 6.30. The van der Waals surface area contributed by atoms with Crippen LogP contribution in [0.4, 0.5) is 5.69 Å². The zero-order chi connectivity index (χ0) is 18.9. The van der Waals surface area contributed by atoms with E-state index in [2.05, 4.69) is 15.9 Å². The number of benzene rings is 1. The third-order valence-corrected chi connectivity index (χ3v) is 3.03. The Morgan fingerprint density at radius 2 is 1.76 bits per heavy atom. The Morgan fingerprint density at radius 3 is 2.40 bits per heavy atom. The number of nitro groups is 1. The third-order valence-electron chi connectivity index (χ3n) is 2.58. The van der Waals surface area contributed by atoms with Gasteiger partial charge in [0.25, 0.3) is 5.69 Å². The maximum Gasteiger partial charge on any atom is 0.332 e. The summed E-state index contributed by atoms with van der Waals surface area (Å²) in [6.07, 6.45) is 0. The van der Waals surface area contributed by atoms with Crippen LogP contribution in [-0.4, -0.2) is 49.5 Å². The molecule has 25 heavy (non-hydrogen) atoms. The number of non-ortho nitro benzene ring substituents is 1. The summed E-state index contributed by atoms with van der Waals surface area (Å²) < 4.78 is 21.5. The van der Waals surface area contributed by atoms with Crippen LogP contribution in [-0.2, 0) is 19.0 Å². The minimum absolute atomic E-state index is 0.0548. The molecule has 0 radical (unpaired) electrons. The normalized spacial score (nSPS) is 11.2. The lowest BCUT2D eigenvalue weighted by Gasteiger charge is -2.19. The number of nitro benzene ring substituents is 1. The highest BCUT2D eigenvalue weighted by Gasteiger charge is 2.15. The van der Waals surface area contributed by atoms with Crippen molar-refractivity contribution >= 4 is 27.6 Å². The number of carbonyl (C=O) groups is 1. The second kappa shape index (κ2) is 10.3. The van der Waals surface area contributed by atoms with Crippen molar-refractivity contribution in [3.05, 3.63) is 32.8 Å². The Labute approximate surface area is 154 Å². The molecule has 0 fully saturated rings. The van der Waals surface area contributed by atoms with Gasteiger partial charge in [0.05, 0.1) is 30.8 Å². The van der Waals surface area contributed by atoms with Crippen molar-refractivity contribution in [2.75, 3.05) is 33.0 Å². The molecule has 0 aliphatic heterocycles. The van der Waals surface area contributed by atoms with Crippen molar-refractivity contribution in [3.63, 3.8) is 0 Å². The van der Waals surface area contributed by atoms with Crippen molar-refractivity contribution < 1.29 is 28.7 Å². The van der Waals surface area contributed by atoms with Crippen LogP contribution in [0.5, 0.6) is 5.75 Å². The molecule has 0 N–H and O–H groups in total. The molecule has 0 bridgehead atoms. The van der Waals surface area contributed by atoms with E-state index in [0.29, 0.717) is 16.8 Å². The Morgan fingerprint density at radius 1 is 1.12 bits per heavy atom. The van der Waals surface area contributed by atoms with Crippen molar-refractivity contribution in [2.45, 2.75) is 26.4 Å². The van der Waals surface area contributed by atoms with Gasteiger partial charge in [-0.1, -0.05) is 15.9 Å². The second-order valence-electron chi connectivity index (χ2n) is 6.00. The topological polar surface area (TPSA) is 97.1 Å². The van der Waals surface area contributed by atoms with Crippen LogP contribution in [0.3, 0.4) is 0 Å². The van der Waals surface area contributed by atoms with Gasteiger partial charge in [-0.25, -0.2) is 4.79 Å². The quantitative estimate of drug-likeness (QED) is 0.248. The van der Waals surface area contributed by atoms with Crippen LogP contribution < -0.4 is 4.74 Å². The van der Waals surface area contributed by atoms with Crippen molar-refractivity contribution in [1.82, 2.24) is 0 Å². The molecule has 1 aromatic rings. The molecule has 0 spiro atoms. The number of nitrogens with zero attached hydrogens (tertiary/aromatic N) is 1. The molecular formula is C16H22BrNO7. The molecule has 0 saturated carbocycles. The number of hydrogen-bond acceptors (Lipinski definition) is 7. The summed E-state index contributed by atoms with van der Waals surface area (Å²) in [5, 5.41) is 10.8. The molecule has 0 amide bonds. The summed E-state index contributed by atoms with van der Waals surface area (Å²) in [4.78, 5) is 21.7. The predicted molar refractivity (Wildman–Crippen MR) is 93.8 cm³/mol. The van der Waals surface area contributed by atoms with E-state index in [1.165, 1.54) is 12.1 Å². The molecule has 0 aromatic heterocycles. The summed E-state index contributed by atoms with van der Waals surface area (Å²) in [6, 6.07) is 4.37. The summed E-state index contributed by atoms with van der Waals surface area (Å²) in [5.41, 5.74) is -0.587. The molecular weight excluding hydrogens is 398 g/mol. The van der Waals surface area contributed by atoms with Gasteiger partial charge >= 0.3 is 5.97 Å². The summed E-state index contributed by atoms with van der Waals surface area (Å²) >= 11 is 3.19. The van der Waals surface area contributed by atoms with Crippen LogP contribution in [0.1, 0.15) is 20.8 Å². The molecule has 0 unspecified atom stereocenters. The van der Waals surface area contributed by atoms with E-state index in [9.17, 15) is 14.9 Å². The Kier molecular flexibility index (Phi) is 8.81. The van der Waals surface area contributed by atoms with Gasteiger partial charge in [0.1, 0.15) is 24.6 Å². The minimum Gasteiger partial charge on any atom is -0.491 e. The van der Waals surface area contributed by atoms with E-state index < -0.39 is 16.5 Å². The van der Waals surface area contributed by atoms with Gasteiger partial charge in [-0.3, -0.25) is 10.1 Å². The van der Waals surface area contributed by atoms with Crippen LogP contribution >= 0.6 is 15.9 Å². The molecule has 9 heteroatoms. The molecule has 0 heterocycles. The van der Waals surface area contributed by atoms with Gasteiger partial charge in [-0.15, -0.1) is 0 Å². The van der Waals surface area contributed by atoms with Gasteiger partial charge in [-0.05, 0) is 26.8 Å². The molecule has 0 aliphatic rings. The van der Waals surface area contributed by atoms with Crippen molar-refractivity contribution in [2.24, 2.45) is 0 Å². The van der Waals surface area contributed by atoms with Gasteiger partial charge in [0.2, 0.25) is 0 Å². The highest BCUT2D eigenvalue weighted by atomic mass is 79.9. The van der Waals surface area contributed by atoms with Crippen LogP contribution in [0, 0.1) is 10.1 Å². The van der Waals surface area contributed by atoms with Gasteiger partial charge in [-0.2, -0.15) is 0 Å². The summed E-state index contributed by atoms with van der Waals surface area (Å²) in [5.74, 6) is -0.0436. The Bertz CT molecular complexity index is 586. The van der Waals surface area contributed by atoms with E-state index in [-0.39, 0.29) is 32.1 Å². The number of carbonyl (C=O) groups excluding carboxylic acids is 1. The van der Waals surface area contributed by atoms with Crippen LogP contribution in [0.15, 0.2) is 22.7 Å². The lowest BCUT2D eigenvalue weighted by atomic mass is 10.2. The van der Waals surface area contributed by atoms with E-state index in [4.69, 9.17) is 18.9 Å². The zero-order valence-corrected chi connectivity index (χ0v) is 16.0. The van der Waals surface area contributed by atoms with Crippen molar-refractivity contribution in [3.8, 4) is 5.75 Å². The zero-order valence-electron chi connectivity index (χ0n) is 14.5. The van der Waals surface area contributed by atoms with Gasteiger partial charge < -0.3 is 18.9 Å². The first kappa shape index (κ1) is 21.3. The first-order valence-electron chi connectivity index (χ1n) is 7.62. The highest BCUT2D eigenvalue weighted by Crippen LogP contribution is 2.26. The molecule has 140 valence electrons. The van der Waals surface area contributed by atoms with Gasteiger partial charge in [0, 0.05) is 10.5 Å². The number of esters is 1. The average molecular weight is 420 g/mol. The molecule has 0 saturated heterocycles. The number of rotatable bonds is 10. The number of ether oxygens (including phenoxy) is 4. The molecule has 8 nitrogen and oxygen atoms in total. The van der Waals surface area contributed by atoms with Gasteiger partial charge in [0.15, 0.2) is 0 Å².